The first-order valence-corrected chi connectivity index (χ1v) is 9.00. The van der Waals surface area contributed by atoms with E-state index < -0.39 is 0 Å². The number of thiazole rings is 1. The van der Waals surface area contributed by atoms with E-state index in [1.54, 1.807) is 0 Å². The third-order valence-electron chi connectivity index (χ3n) is 4.10. The fourth-order valence-electron chi connectivity index (χ4n) is 2.75. The Hall–Kier alpha value is -2.18. The topological polar surface area (TPSA) is 62.5 Å². The molecule has 126 valence electrons. The second-order valence-corrected chi connectivity index (χ2v) is 6.74. The van der Waals surface area contributed by atoms with Gasteiger partial charge in [-0.2, -0.15) is 0 Å². The van der Waals surface area contributed by atoms with Crippen LogP contribution in [0.25, 0.3) is 6.08 Å². The number of nitrogens with zero attached hydrogens (tertiary/aromatic N) is 3. The van der Waals surface area contributed by atoms with Crippen LogP contribution >= 0.6 is 11.3 Å². The maximum Gasteiger partial charge on any atom is 0.228 e. The van der Waals surface area contributed by atoms with Gasteiger partial charge in [0.1, 0.15) is 0 Å². The SMILES string of the molecule is Nc1nc(CC(=O)N2CCN(C/C=C/c3ccccc3)CC2)cs1. The molecule has 0 atom stereocenters. The maximum absolute atomic E-state index is 12.3. The molecule has 0 spiro atoms. The van der Waals surface area contributed by atoms with Crippen LogP contribution in [0.5, 0.6) is 0 Å². The van der Waals surface area contributed by atoms with Crippen molar-refractivity contribution in [3.05, 3.63) is 53.0 Å². The molecule has 1 saturated heterocycles. The predicted octanol–water partition coefficient (Wildman–Crippen LogP) is 2.13. The molecule has 1 aliphatic rings. The van der Waals surface area contributed by atoms with E-state index in [0.29, 0.717) is 11.6 Å². The van der Waals surface area contributed by atoms with Gasteiger partial charge in [0, 0.05) is 38.1 Å². The van der Waals surface area contributed by atoms with Crippen molar-refractivity contribution in [1.29, 1.82) is 0 Å². The summed E-state index contributed by atoms with van der Waals surface area (Å²) in [5.74, 6) is 0.139. The number of aromatic nitrogens is 1. The Bertz CT molecular complexity index is 690. The van der Waals surface area contributed by atoms with Gasteiger partial charge >= 0.3 is 0 Å². The highest BCUT2D eigenvalue weighted by Gasteiger charge is 2.21. The molecule has 2 N–H and O–H groups in total. The molecule has 5 nitrogen and oxygen atoms in total. The second-order valence-electron chi connectivity index (χ2n) is 5.85. The lowest BCUT2D eigenvalue weighted by atomic mass is 10.2. The molecule has 0 unspecified atom stereocenters. The average Bonchev–Trinajstić information content (AvgIpc) is 3.01. The van der Waals surface area contributed by atoms with E-state index in [1.165, 1.54) is 16.9 Å². The van der Waals surface area contributed by atoms with Gasteiger partial charge in [0.15, 0.2) is 5.13 Å². The number of benzene rings is 1. The number of piperazine rings is 1. The van der Waals surface area contributed by atoms with E-state index >= 15 is 0 Å². The lowest BCUT2D eigenvalue weighted by molar-refractivity contribution is -0.132. The molecule has 0 saturated carbocycles. The Balaban J connectivity index is 1.42. The minimum atomic E-state index is 0.139. The minimum absolute atomic E-state index is 0.139. The summed E-state index contributed by atoms with van der Waals surface area (Å²) in [6.45, 7) is 4.28. The monoisotopic (exact) mass is 342 g/mol. The predicted molar refractivity (Wildman–Crippen MR) is 98.7 cm³/mol. The number of nitrogens with two attached hydrogens (primary N) is 1. The summed E-state index contributed by atoms with van der Waals surface area (Å²) in [7, 11) is 0. The first-order valence-electron chi connectivity index (χ1n) is 8.12. The van der Waals surface area contributed by atoms with Crippen molar-refractivity contribution in [2.24, 2.45) is 0 Å². The summed E-state index contributed by atoms with van der Waals surface area (Å²) in [5.41, 5.74) is 7.60. The fourth-order valence-corrected chi connectivity index (χ4v) is 3.32. The van der Waals surface area contributed by atoms with Gasteiger partial charge in [-0.1, -0.05) is 42.5 Å². The third-order valence-corrected chi connectivity index (χ3v) is 4.82. The van der Waals surface area contributed by atoms with Crippen molar-refractivity contribution in [1.82, 2.24) is 14.8 Å². The standard InChI is InChI=1S/C18H22N4OS/c19-18-20-16(14-24-18)13-17(23)22-11-9-21(10-12-22)8-4-7-15-5-2-1-3-6-15/h1-7,14H,8-13H2,(H2,19,20)/b7-4+. The number of carbonyl (C=O) groups excluding carboxylic acids is 1. The van der Waals surface area contributed by atoms with E-state index in [-0.39, 0.29) is 5.91 Å². The number of hydrogen-bond donors (Lipinski definition) is 1. The van der Waals surface area contributed by atoms with Crippen molar-refractivity contribution in [2.45, 2.75) is 6.42 Å². The zero-order valence-electron chi connectivity index (χ0n) is 13.6. The van der Waals surface area contributed by atoms with Gasteiger partial charge < -0.3 is 10.6 Å². The summed E-state index contributed by atoms with van der Waals surface area (Å²) >= 11 is 1.38. The number of rotatable bonds is 5. The van der Waals surface area contributed by atoms with Crippen molar-refractivity contribution in [3.8, 4) is 0 Å². The highest BCUT2D eigenvalue weighted by Crippen LogP contribution is 2.13. The Labute approximate surface area is 146 Å². The van der Waals surface area contributed by atoms with Crippen molar-refractivity contribution in [2.75, 3.05) is 38.5 Å². The molecule has 1 aliphatic heterocycles. The van der Waals surface area contributed by atoms with Gasteiger partial charge in [-0.05, 0) is 5.56 Å². The summed E-state index contributed by atoms with van der Waals surface area (Å²) < 4.78 is 0. The number of carbonyl (C=O) groups is 1. The van der Waals surface area contributed by atoms with Crippen LogP contribution in [-0.4, -0.2) is 53.4 Å². The Morgan fingerprint density at radius 3 is 2.62 bits per heavy atom. The van der Waals surface area contributed by atoms with Crippen LogP contribution in [0.15, 0.2) is 41.8 Å². The number of hydrogen-bond acceptors (Lipinski definition) is 5. The van der Waals surface area contributed by atoms with Gasteiger partial charge in [0.2, 0.25) is 5.91 Å². The molecule has 2 heterocycles. The zero-order chi connectivity index (χ0) is 16.8. The summed E-state index contributed by atoms with van der Waals surface area (Å²) in [4.78, 5) is 20.7. The number of amides is 1. The first-order chi connectivity index (χ1) is 11.7. The molecule has 24 heavy (non-hydrogen) atoms. The van der Waals surface area contributed by atoms with Gasteiger partial charge in [0.25, 0.3) is 0 Å². The van der Waals surface area contributed by atoms with Crippen LogP contribution < -0.4 is 5.73 Å². The van der Waals surface area contributed by atoms with Crippen molar-refractivity contribution >= 4 is 28.5 Å². The molecule has 3 rings (SSSR count). The quantitative estimate of drug-likeness (QED) is 0.904. The van der Waals surface area contributed by atoms with E-state index in [1.807, 2.05) is 28.5 Å². The largest absolute Gasteiger partial charge is 0.375 e. The van der Waals surface area contributed by atoms with Gasteiger partial charge in [-0.25, -0.2) is 4.98 Å². The van der Waals surface area contributed by atoms with Gasteiger partial charge in [0.05, 0.1) is 12.1 Å². The molecule has 0 radical (unpaired) electrons. The van der Waals surface area contributed by atoms with E-state index in [9.17, 15) is 4.79 Å². The smallest absolute Gasteiger partial charge is 0.228 e. The number of nitrogen functional groups attached to an aromatic ring is 1. The normalized spacial score (nSPS) is 15.9. The minimum Gasteiger partial charge on any atom is -0.375 e. The Kier molecular flexibility index (Phi) is 5.61. The summed E-state index contributed by atoms with van der Waals surface area (Å²) in [5, 5.41) is 2.38. The summed E-state index contributed by atoms with van der Waals surface area (Å²) in [6, 6.07) is 10.3. The van der Waals surface area contributed by atoms with E-state index in [2.05, 4.69) is 34.2 Å². The molecule has 1 fully saturated rings. The fraction of sp³-hybridized carbons (Fsp3) is 0.333. The first kappa shape index (κ1) is 16.7. The van der Waals surface area contributed by atoms with Crippen LogP contribution in [0.1, 0.15) is 11.3 Å². The second kappa shape index (κ2) is 8.08. The lowest BCUT2D eigenvalue weighted by Gasteiger charge is -2.34. The Morgan fingerprint density at radius 2 is 1.96 bits per heavy atom. The van der Waals surface area contributed by atoms with Crippen LogP contribution in [0.4, 0.5) is 5.13 Å². The van der Waals surface area contributed by atoms with Crippen LogP contribution in [0.3, 0.4) is 0 Å². The lowest BCUT2D eigenvalue weighted by Crippen LogP contribution is -2.49. The van der Waals surface area contributed by atoms with E-state index in [4.69, 9.17) is 5.73 Å². The molecular weight excluding hydrogens is 320 g/mol. The maximum atomic E-state index is 12.3. The summed E-state index contributed by atoms with van der Waals surface area (Å²) in [6.07, 6.45) is 4.68. The molecule has 1 aromatic heterocycles. The third kappa shape index (κ3) is 4.66. The average molecular weight is 342 g/mol. The Morgan fingerprint density at radius 1 is 1.21 bits per heavy atom. The molecule has 1 aromatic carbocycles. The molecule has 0 bridgehead atoms. The highest BCUT2D eigenvalue weighted by atomic mass is 32.1. The van der Waals surface area contributed by atoms with Crippen LogP contribution in [-0.2, 0) is 11.2 Å². The highest BCUT2D eigenvalue weighted by molar-refractivity contribution is 7.13. The van der Waals surface area contributed by atoms with Crippen molar-refractivity contribution in [3.63, 3.8) is 0 Å². The molecule has 2 aromatic rings. The van der Waals surface area contributed by atoms with Crippen LogP contribution in [0, 0.1) is 0 Å². The molecular formula is C18H22N4OS. The van der Waals surface area contributed by atoms with Crippen molar-refractivity contribution < 1.29 is 4.79 Å². The molecule has 6 heteroatoms. The van der Waals surface area contributed by atoms with Gasteiger partial charge in [-0.15, -0.1) is 11.3 Å². The zero-order valence-corrected chi connectivity index (χ0v) is 14.4. The molecule has 0 aliphatic carbocycles. The number of anilines is 1. The van der Waals surface area contributed by atoms with E-state index in [0.717, 1.165) is 38.4 Å². The van der Waals surface area contributed by atoms with Gasteiger partial charge in [-0.3, -0.25) is 9.69 Å². The van der Waals surface area contributed by atoms with Crippen LogP contribution in [0.2, 0.25) is 0 Å². The molecule has 1 amide bonds.